The number of ether oxygens (including phenoxy) is 1. The van der Waals surface area contributed by atoms with Crippen LogP contribution < -0.4 is 5.32 Å². The van der Waals surface area contributed by atoms with Gasteiger partial charge in [-0.2, -0.15) is 0 Å². The second kappa shape index (κ2) is 9.65. The zero-order valence-corrected chi connectivity index (χ0v) is 19.7. The van der Waals surface area contributed by atoms with Crippen LogP contribution in [0.4, 0.5) is 5.69 Å². The average molecular weight is 445 g/mol. The maximum absolute atomic E-state index is 12.4. The number of benzene rings is 2. The third-order valence-corrected chi connectivity index (χ3v) is 6.39. The van der Waals surface area contributed by atoms with Crippen LogP contribution in [0.5, 0.6) is 0 Å². The van der Waals surface area contributed by atoms with E-state index in [-0.39, 0.29) is 5.97 Å². The third-order valence-electron chi connectivity index (χ3n) is 6.39. The molecule has 1 heterocycles. The topological polar surface area (TPSA) is 64.4 Å². The third kappa shape index (κ3) is 4.72. The van der Waals surface area contributed by atoms with Gasteiger partial charge in [0.25, 0.3) is 0 Å². The van der Waals surface area contributed by atoms with Crippen molar-refractivity contribution in [2.24, 2.45) is 0 Å². The molecular formula is C28H32N2O3. The van der Waals surface area contributed by atoms with Crippen LogP contribution in [0.3, 0.4) is 0 Å². The van der Waals surface area contributed by atoms with Crippen molar-refractivity contribution in [2.75, 3.05) is 11.9 Å². The number of esters is 1. The lowest BCUT2D eigenvalue weighted by atomic mass is 9.93. The summed E-state index contributed by atoms with van der Waals surface area (Å²) in [6.07, 6.45) is 5.62. The summed E-state index contributed by atoms with van der Waals surface area (Å²) in [5.41, 5.74) is 5.59. The maximum atomic E-state index is 12.4. The molecule has 1 aromatic heterocycles. The molecule has 1 aliphatic carbocycles. The second-order valence-corrected chi connectivity index (χ2v) is 8.84. The number of anilines is 1. The smallest absolute Gasteiger partial charge is 0.316 e. The molecule has 3 aromatic rings. The Kier molecular flexibility index (Phi) is 6.68. The van der Waals surface area contributed by atoms with Crippen molar-refractivity contribution in [3.05, 3.63) is 72.4 Å². The van der Waals surface area contributed by atoms with Crippen molar-refractivity contribution in [3.8, 4) is 22.5 Å². The van der Waals surface area contributed by atoms with Gasteiger partial charge in [-0.3, -0.25) is 4.79 Å². The first kappa shape index (κ1) is 22.8. The van der Waals surface area contributed by atoms with Gasteiger partial charge >= 0.3 is 5.97 Å². The number of carbonyl (C=O) groups is 1. The SMILES string of the molecule is C=CCCC(C)Nc1c(C)noc1-c1ccc(-c2ccc(C3(C(=O)OCC)CC3)cc2)cc1. The number of hydrogen-bond acceptors (Lipinski definition) is 5. The van der Waals surface area contributed by atoms with Gasteiger partial charge in [-0.05, 0) is 63.1 Å². The van der Waals surface area contributed by atoms with Crippen LogP contribution in [0.2, 0.25) is 0 Å². The second-order valence-electron chi connectivity index (χ2n) is 8.84. The lowest BCUT2D eigenvalue weighted by Gasteiger charge is -2.15. The van der Waals surface area contributed by atoms with E-state index in [1.807, 2.05) is 19.9 Å². The summed E-state index contributed by atoms with van der Waals surface area (Å²) < 4.78 is 10.9. The Hall–Kier alpha value is -3.34. The van der Waals surface area contributed by atoms with Gasteiger partial charge in [-0.15, -0.1) is 6.58 Å². The molecule has 5 nitrogen and oxygen atoms in total. The van der Waals surface area contributed by atoms with Gasteiger partial charge in [0.1, 0.15) is 11.4 Å². The Bertz CT molecular complexity index is 1110. The van der Waals surface area contributed by atoms with Gasteiger partial charge in [0.15, 0.2) is 5.76 Å². The van der Waals surface area contributed by atoms with Crippen LogP contribution in [-0.4, -0.2) is 23.8 Å². The monoisotopic (exact) mass is 444 g/mol. The number of nitrogens with one attached hydrogen (secondary N) is 1. The van der Waals surface area contributed by atoms with E-state index in [1.54, 1.807) is 0 Å². The number of nitrogens with zero attached hydrogens (tertiary/aromatic N) is 1. The molecule has 172 valence electrons. The molecule has 0 radical (unpaired) electrons. The fraction of sp³-hybridized carbons (Fsp3) is 0.357. The normalized spacial score (nSPS) is 15.0. The predicted molar refractivity (Wildman–Crippen MR) is 132 cm³/mol. The summed E-state index contributed by atoms with van der Waals surface area (Å²) >= 11 is 0. The molecule has 0 saturated heterocycles. The lowest BCUT2D eigenvalue weighted by Crippen LogP contribution is -2.23. The van der Waals surface area contributed by atoms with Crippen molar-refractivity contribution in [1.82, 2.24) is 5.16 Å². The number of allylic oxidation sites excluding steroid dienone is 1. The first-order chi connectivity index (χ1) is 16.0. The van der Waals surface area contributed by atoms with Crippen molar-refractivity contribution in [3.63, 3.8) is 0 Å². The van der Waals surface area contributed by atoms with Crippen LogP contribution in [0.15, 0.2) is 65.7 Å². The minimum atomic E-state index is -0.436. The molecule has 1 aliphatic rings. The molecule has 1 fully saturated rings. The highest BCUT2D eigenvalue weighted by atomic mass is 16.5. The van der Waals surface area contributed by atoms with Crippen LogP contribution in [0.25, 0.3) is 22.5 Å². The van der Waals surface area contributed by atoms with Crippen LogP contribution in [-0.2, 0) is 14.9 Å². The van der Waals surface area contributed by atoms with Crippen LogP contribution in [0, 0.1) is 6.92 Å². The van der Waals surface area contributed by atoms with Gasteiger partial charge in [0, 0.05) is 11.6 Å². The van der Waals surface area contributed by atoms with E-state index in [0.29, 0.717) is 12.6 Å². The van der Waals surface area contributed by atoms with E-state index >= 15 is 0 Å². The molecular weight excluding hydrogens is 412 g/mol. The molecule has 2 aromatic carbocycles. The highest BCUT2D eigenvalue weighted by molar-refractivity contribution is 5.87. The number of rotatable bonds is 10. The van der Waals surface area contributed by atoms with Crippen LogP contribution in [0.1, 0.15) is 50.8 Å². The summed E-state index contributed by atoms with van der Waals surface area (Å²) in [4.78, 5) is 12.4. The fourth-order valence-corrected chi connectivity index (χ4v) is 4.22. The molecule has 33 heavy (non-hydrogen) atoms. The van der Waals surface area contributed by atoms with Crippen molar-refractivity contribution < 1.29 is 14.1 Å². The molecule has 1 atom stereocenters. The van der Waals surface area contributed by atoms with E-state index in [1.165, 1.54) is 0 Å². The fourth-order valence-electron chi connectivity index (χ4n) is 4.22. The average Bonchev–Trinajstić information content (AvgIpc) is 3.58. The van der Waals surface area contributed by atoms with Gasteiger partial charge in [-0.1, -0.05) is 59.8 Å². The molecule has 1 N–H and O–H groups in total. The first-order valence-electron chi connectivity index (χ1n) is 11.7. The summed E-state index contributed by atoms with van der Waals surface area (Å²) in [6.45, 7) is 10.2. The largest absolute Gasteiger partial charge is 0.465 e. The molecule has 1 saturated carbocycles. The zero-order chi connectivity index (χ0) is 23.4. The number of carbonyl (C=O) groups excluding carboxylic acids is 1. The van der Waals surface area contributed by atoms with Crippen LogP contribution >= 0.6 is 0 Å². The molecule has 0 spiro atoms. The summed E-state index contributed by atoms with van der Waals surface area (Å²) in [5.74, 6) is 0.651. The minimum Gasteiger partial charge on any atom is -0.465 e. The Labute approximate surface area is 195 Å². The van der Waals surface area contributed by atoms with E-state index in [9.17, 15) is 4.79 Å². The molecule has 0 bridgehead atoms. The van der Waals surface area contributed by atoms with Gasteiger partial charge < -0.3 is 14.6 Å². The van der Waals surface area contributed by atoms with E-state index in [2.05, 4.69) is 72.5 Å². The van der Waals surface area contributed by atoms with Crippen molar-refractivity contribution in [2.45, 2.75) is 57.9 Å². The van der Waals surface area contributed by atoms with Crippen molar-refractivity contribution >= 4 is 11.7 Å². The minimum absolute atomic E-state index is 0.104. The van der Waals surface area contributed by atoms with Gasteiger partial charge in [0.2, 0.25) is 0 Å². The van der Waals surface area contributed by atoms with Gasteiger partial charge in [0.05, 0.1) is 12.0 Å². The highest BCUT2D eigenvalue weighted by Gasteiger charge is 2.52. The summed E-state index contributed by atoms with van der Waals surface area (Å²) in [6, 6.07) is 16.9. The Morgan fingerprint density at radius 2 is 1.76 bits per heavy atom. The lowest BCUT2D eigenvalue weighted by molar-refractivity contribution is -0.146. The molecule has 1 unspecified atom stereocenters. The number of aromatic nitrogens is 1. The maximum Gasteiger partial charge on any atom is 0.316 e. The van der Waals surface area contributed by atoms with E-state index in [0.717, 1.165) is 65.1 Å². The Balaban J connectivity index is 1.51. The van der Waals surface area contributed by atoms with E-state index < -0.39 is 5.41 Å². The summed E-state index contributed by atoms with van der Waals surface area (Å²) in [5, 5.41) is 7.72. The highest BCUT2D eigenvalue weighted by Crippen LogP contribution is 2.49. The Morgan fingerprint density at radius 3 is 2.33 bits per heavy atom. The quantitative estimate of drug-likeness (QED) is 0.279. The zero-order valence-electron chi connectivity index (χ0n) is 19.7. The van der Waals surface area contributed by atoms with Gasteiger partial charge in [-0.25, -0.2) is 0 Å². The first-order valence-corrected chi connectivity index (χ1v) is 11.7. The molecule has 5 heteroatoms. The van der Waals surface area contributed by atoms with Crippen molar-refractivity contribution in [1.29, 1.82) is 0 Å². The standard InChI is InChI=1S/C28H32N2O3/c1-5-7-8-19(3)29-25-20(4)30-33-26(25)23-11-9-21(10-12-23)22-13-15-24(16-14-22)28(17-18-28)27(31)32-6-2/h5,9-16,19,29H,1,6-8,17-18H2,2-4H3. The van der Waals surface area contributed by atoms with E-state index in [4.69, 9.17) is 9.26 Å². The predicted octanol–water partition coefficient (Wildman–Crippen LogP) is 6.68. The molecule has 0 amide bonds. The molecule has 0 aliphatic heterocycles. The molecule has 4 rings (SSSR count). The Morgan fingerprint density at radius 1 is 1.15 bits per heavy atom. The number of hydrogen-bond donors (Lipinski definition) is 1. The number of aryl methyl sites for hydroxylation is 1. The summed E-state index contributed by atoms with van der Waals surface area (Å²) in [7, 11) is 0.